The molecule has 1 aliphatic carbocycles. The van der Waals surface area contributed by atoms with E-state index in [4.69, 9.17) is 0 Å². The van der Waals surface area contributed by atoms with Crippen molar-refractivity contribution in [1.29, 1.82) is 0 Å². The molecule has 3 heteroatoms. The molecule has 0 aliphatic heterocycles. The Kier molecular flexibility index (Phi) is 2.33. The van der Waals surface area contributed by atoms with Gasteiger partial charge in [-0.05, 0) is 37.8 Å². The first-order valence-electron chi connectivity index (χ1n) is 5.46. The molecular weight excluding hydrogens is 190 g/mol. The number of aromatic amines is 1. The predicted molar refractivity (Wildman–Crippen MR) is 58.0 cm³/mol. The average molecular weight is 207 g/mol. The average Bonchev–Trinajstić information content (AvgIpc) is 2.74. The maximum Gasteiger partial charge on any atom is 0.314 e. The molecule has 0 aromatic carbocycles. The monoisotopic (exact) mass is 207 g/mol. The number of aromatic nitrogens is 1. The zero-order valence-corrected chi connectivity index (χ0v) is 9.26. The van der Waals surface area contributed by atoms with Gasteiger partial charge in [0.25, 0.3) is 0 Å². The second-order valence-corrected chi connectivity index (χ2v) is 4.57. The Labute approximate surface area is 89.5 Å². The minimum atomic E-state index is -0.661. The van der Waals surface area contributed by atoms with Crippen molar-refractivity contribution in [3.05, 3.63) is 23.0 Å². The summed E-state index contributed by atoms with van der Waals surface area (Å²) in [6.45, 7) is 3.95. The molecule has 3 nitrogen and oxygen atoms in total. The number of carboxylic acid groups (broad SMARTS) is 1. The van der Waals surface area contributed by atoms with Crippen LogP contribution in [0.5, 0.6) is 0 Å². The molecule has 2 N–H and O–H groups in total. The lowest BCUT2D eigenvalue weighted by Crippen LogP contribution is -2.33. The van der Waals surface area contributed by atoms with Crippen LogP contribution in [0, 0.1) is 13.8 Å². The van der Waals surface area contributed by atoms with Gasteiger partial charge in [0.2, 0.25) is 0 Å². The number of aliphatic carboxylic acids is 1. The van der Waals surface area contributed by atoms with E-state index in [9.17, 15) is 9.90 Å². The lowest BCUT2D eigenvalue weighted by Gasteiger charge is -2.25. The molecule has 1 aromatic rings. The highest BCUT2D eigenvalue weighted by molar-refractivity contribution is 5.82. The molecule has 0 bridgehead atoms. The Hall–Kier alpha value is -1.25. The van der Waals surface area contributed by atoms with Crippen molar-refractivity contribution < 1.29 is 9.90 Å². The molecule has 0 unspecified atom stereocenters. The summed E-state index contributed by atoms with van der Waals surface area (Å²) in [7, 11) is 0. The second kappa shape index (κ2) is 3.40. The van der Waals surface area contributed by atoms with Crippen molar-refractivity contribution in [3.8, 4) is 0 Å². The minimum Gasteiger partial charge on any atom is -0.481 e. The molecule has 82 valence electrons. The third-order valence-corrected chi connectivity index (χ3v) is 3.62. The first-order chi connectivity index (χ1) is 7.08. The number of nitrogens with one attached hydrogen (secondary N) is 1. The summed E-state index contributed by atoms with van der Waals surface area (Å²) in [4.78, 5) is 14.6. The number of H-pyrrole nitrogens is 1. The molecule has 1 heterocycles. The van der Waals surface area contributed by atoms with E-state index in [0.29, 0.717) is 0 Å². The van der Waals surface area contributed by atoms with Crippen molar-refractivity contribution in [3.63, 3.8) is 0 Å². The van der Waals surface area contributed by atoms with Crippen molar-refractivity contribution >= 4 is 5.97 Å². The van der Waals surface area contributed by atoms with Crippen LogP contribution in [0.1, 0.15) is 42.5 Å². The number of hydrogen-bond acceptors (Lipinski definition) is 1. The predicted octanol–water partition coefficient (Wildman–Crippen LogP) is 2.53. The van der Waals surface area contributed by atoms with Crippen molar-refractivity contribution in [2.45, 2.75) is 44.9 Å². The molecule has 0 atom stereocenters. The Bertz CT molecular complexity index is 367. The standard InChI is InChI=1S/C12H17NO2/c1-8-7-13-9(2)10(8)12(11(14)15)5-3-4-6-12/h7,13H,3-6H2,1-2H3,(H,14,15). The molecule has 0 amide bonds. The number of rotatable bonds is 2. The fourth-order valence-corrected chi connectivity index (χ4v) is 2.94. The van der Waals surface area contributed by atoms with E-state index >= 15 is 0 Å². The number of aryl methyl sites for hydroxylation is 2. The Morgan fingerprint density at radius 3 is 2.40 bits per heavy atom. The maximum atomic E-state index is 11.5. The van der Waals surface area contributed by atoms with E-state index in [0.717, 1.165) is 42.5 Å². The van der Waals surface area contributed by atoms with Crippen LogP contribution in [0.2, 0.25) is 0 Å². The van der Waals surface area contributed by atoms with Crippen LogP contribution in [0.25, 0.3) is 0 Å². The van der Waals surface area contributed by atoms with Gasteiger partial charge in [0.15, 0.2) is 0 Å². The van der Waals surface area contributed by atoms with Gasteiger partial charge in [-0.15, -0.1) is 0 Å². The van der Waals surface area contributed by atoms with Crippen LogP contribution >= 0.6 is 0 Å². The third kappa shape index (κ3) is 1.37. The third-order valence-electron chi connectivity index (χ3n) is 3.62. The first kappa shape index (κ1) is 10.3. The molecular formula is C12H17NO2. The van der Waals surface area contributed by atoms with Gasteiger partial charge < -0.3 is 10.1 Å². The van der Waals surface area contributed by atoms with Crippen LogP contribution in [0.4, 0.5) is 0 Å². The fraction of sp³-hybridized carbons (Fsp3) is 0.583. The molecule has 0 saturated heterocycles. The van der Waals surface area contributed by atoms with Crippen LogP contribution in [-0.4, -0.2) is 16.1 Å². The van der Waals surface area contributed by atoms with Crippen molar-refractivity contribution in [2.75, 3.05) is 0 Å². The van der Waals surface area contributed by atoms with E-state index in [1.54, 1.807) is 0 Å². The topological polar surface area (TPSA) is 53.1 Å². The van der Waals surface area contributed by atoms with Gasteiger partial charge in [0, 0.05) is 11.9 Å². The summed E-state index contributed by atoms with van der Waals surface area (Å²) in [5.41, 5.74) is 2.50. The molecule has 1 saturated carbocycles. The molecule has 0 spiro atoms. The van der Waals surface area contributed by atoms with Gasteiger partial charge in [0.1, 0.15) is 0 Å². The highest BCUT2D eigenvalue weighted by Gasteiger charge is 2.45. The molecule has 1 fully saturated rings. The van der Waals surface area contributed by atoms with Gasteiger partial charge in [0.05, 0.1) is 5.41 Å². The Balaban J connectivity index is 2.54. The second-order valence-electron chi connectivity index (χ2n) is 4.57. The SMILES string of the molecule is Cc1c[nH]c(C)c1C1(C(=O)O)CCCC1. The van der Waals surface area contributed by atoms with Gasteiger partial charge in [-0.2, -0.15) is 0 Å². The van der Waals surface area contributed by atoms with Gasteiger partial charge in [-0.1, -0.05) is 12.8 Å². The van der Waals surface area contributed by atoms with Crippen LogP contribution in [0.3, 0.4) is 0 Å². The number of carboxylic acids is 1. The fourth-order valence-electron chi connectivity index (χ4n) is 2.94. The summed E-state index contributed by atoms with van der Waals surface area (Å²) in [6.07, 6.45) is 5.52. The summed E-state index contributed by atoms with van der Waals surface area (Å²) in [6, 6.07) is 0. The smallest absolute Gasteiger partial charge is 0.314 e. The van der Waals surface area contributed by atoms with Gasteiger partial charge in [-0.3, -0.25) is 4.79 Å². The maximum absolute atomic E-state index is 11.5. The molecule has 1 aliphatic rings. The summed E-state index contributed by atoms with van der Waals surface area (Å²) in [5, 5.41) is 9.47. The lowest BCUT2D eigenvalue weighted by atomic mass is 9.77. The van der Waals surface area contributed by atoms with E-state index in [2.05, 4.69) is 4.98 Å². The van der Waals surface area contributed by atoms with Crippen LogP contribution in [-0.2, 0) is 10.2 Å². The molecule has 1 aromatic heterocycles. The zero-order valence-electron chi connectivity index (χ0n) is 9.26. The van der Waals surface area contributed by atoms with E-state index in [1.807, 2.05) is 20.0 Å². The summed E-state index contributed by atoms with van der Waals surface area (Å²) >= 11 is 0. The highest BCUT2D eigenvalue weighted by atomic mass is 16.4. The summed E-state index contributed by atoms with van der Waals surface area (Å²) < 4.78 is 0. The van der Waals surface area contributed by atoms with Crippen LogP contribution < -0.4 is 0 Å². The van der Waals surface area contributed by atoms with Crippen LogP contribution in [0.15, 0.2) is 6.20 Å². The summed E-state index contributed by atoms with van der Waals surface area (Å²) in [5.74, 6) is -0.661. The molecule has 2 rings (SSSR count). The highest BCUT2D eigenvalue weighted by Crippen LogP contribution is 2.43. The minimum absolute atomic E-state index is 0.617. The molecule has 0 radical (unpaired) electrons. The number of carbonyl (C=O) groups is 1. The normalized spacial score (nSPS) is 19.3. The van der Waals surface area contributed by atoms with E-state index < -0.39 is 11.4 Å². The lowest BCUT2D eigenvalue weighted by molar-refractivity contribution is -0.143. The Morgan fingerprint density at radius 2 is 2.00 bits per heavy atom. The van der Waals surface area contributed by atoms with Crippen molar-refractivity contribution in [2.24, 2.45) is 0 Å². The largest absolute Gasteiger partial charge is 0.481 e. The van der Waals surface area contributed by atoms with E-state index in [-0.39, 0.29) is 0 Å². The quantitative estimate of drug-likeness (QED) is 0.783. The van der Waals surface area contributed by atoms with Gasteiger partial charge >= 0.3 is 5.97 Å². The van der Waals surface area contributed by atoms with Gasteiger partial charge in [-0.25, -0.2) is 0 Å². The van der Waals surface area contributed by atoms with E-state index in [1.165, 1.54) is 0 Å². The first-order valence-corrected chi connectivity index (χ1v) is 5.46. The Morgan fingerprint density at radius 1 is 1.40 bits per heavy atom. The van der Waals surface area contributed by atoms with Crippen molar-refractivity contribution in [1.82, 2.24) is 4.98 Å². The molecule has 15 heavy (non-hydrogen) atoms. The zero-order chi connectivity index (χ0) is 11.1. The number of hydrogen-bond donors (Lipinski definition) is 2.